The van der Waals surface area contributed by atoms with Crippen molar-refractivity contribution in [1.82, 2.24) is 5.32 Å². The van der Waals surface area contributed by atoms with E-state index in [4.69, 9.17) is 11.5 Å². The van der Waals surface area contributed by atoms with E-state index in [0.29, 0.717) is 25.3 Å². The summed E-state index contributed by atoms with van der Waals surface area (Å²) in [5.41, 5.74) is 14.2. The summed E-state index contributed by atoms with van der Waals surface area (Å²) in [5, 5.41) is 13.4. The van der Waals surface area contributed by atoms with Crippen molar-refractivity contribution in [3.05, 3.63) is 0 Å². The Bertz CT molecular complexity index is 353. The van der Waals surface area contributed by atoms with E-state index in [1.807, 2.05) is 13.8 Å². The number of carboxylic acids is 1. The molecule has 0 heterocycles. The number of nitrogens with two attached hydrogens (primary N) is 2. The number of amides is 1. The summed E-state index contributed by atoms with van der Waals surface area (Å²) < 4.78 is 0. The highest BCUT2D eigenvalue weighted by Crippen LogP contribution is 2.02. The van der Waals surface area contributed by atoms with E-state index in [-0.39, 0.29) is 18.3 Å². The zero-order chi connectivity index (χ0) is 15.7. The van der Waals surface area contributed by atoms with Gasteiger partial charge in [0.2, 0.25) is 0 Å². The molecule has 0 saturated heterocycles. The van der Waals surface area contributed by atoms with Crippen molar-refractivity contribution in [2.75, 3.05) is 6.54 Å². The second-order valence-electron chi connectivity index (χ2n) is 5.23. The Hall–Kier alpha value is -1.83. The van der Waals surface area contributed by atoms with E-state index in [0.717, 1.165) is 0 Å². The molecule has 1 amide bonds. The molecule has 0 aromatic heterocycles. The standard InChI is InChI=1S/C12H25N5O3/c1-7(2)6-8(13)10(18)17-9(11(19)20)4-3-5-16-12(14)15/h7-9H,3-6,13H2,1-2H3,(H,17,18)(H,19,20)(H4,14,15,16)/p+1/t8-,9+/m1/s1. The Kier molecular flexibility index (Phi) is 8.30. The van der Waals surface area contributed by atoms with Crippen molar-refractivity contribution < 1.29 is 25.4 Å². The lowest BCUT2D eigenvalue weighted by atomic mass is 10.0. The largest absolute Gasteiger partial charge is 0.548 e. The molecular weight excluding hydrogens is 262 g/mol. The number of aliphatic carboxylic acids is 1. The summed E-state index contributed by atoms with van der Waals surface area (Å²) >= 11 is 0. The molecule has 8 heteroatoms. The lowest BCUT2D eigenvalue weighted by Gasteiger charge is -2.21. The molecule has 0 spiro atoms. The number of carbonyl (C=O) groups excluding carboxylic acids is 2. The van der Waals surface area contributed by atoms with Gasteiger partial charge in [-0.05, 0) is 18.8 Å². The Morgan fingerprint density at radius 1 is 1.35 bits per heavy atom. The molecule has 9 N–H and O–H groups in total. The van der Waals surface area contributed by atoms with Crippen molar-refractivity contribution in [3.63, 3.8) is 0 Å². The van der Waals surface area contributed by atoms with Crippen LogP contribution >= 0.6 is 0 Å². The van der Waals surface area contributed by atoms with E-state index in [1.165, 1.54) is 0 Å². The van der Waals surface area contributed by atoms with Gasteiger partial charge in [0.1, 0.15) is 0 Å². The Balaban J connectivity index is 4.30. The first-order valence-corrected chi connectivity index (χ1v) is 6.70. The van der Waals surface area contributed by atoms with Crippen LogP contribution in [0.2, 0.25) is 0 Å². The van der Waals surface area contributed by atoms with Gasteiger partial charge < -0.3 is 21.0 Å². The maximum atomic E-state index is 11.8. The van der Waals surface area contributed by atoms with Crippen LogP contribution in [0.15, 0.2) is 0 Å². The van der Waals surface area contributed by atoms with E-state index >= 15 is 0 Å². The fourth-order valence-electron chi connectivity index (χ4n) is 1.75. The minimum Gasteiger partial charge on any atom is -0.548 e. The average Bonchev–Trinajstić information content (AvgIpc) is 2.31. The predicted molar refractivity (Wildman–Crippen MR) is 71.5 cm³/mol. The molecule has 0 aliphatic heterocycles. The lowest BCUT2D eigenvalue weighted by Crippen LogP contribution is -2.78. The maximum Gasteiger partial charge on any atom is 0.338 e. The van der Waals surface area contributed by atoms with E-state index in [1.54, 1.807) is 0 Å². The van der Waals surface area contributed by atoms with Gasteiger partial charge in [0.05, 0.1) is 18.6 Å². The number of hydrogen-bond donors (Lipinski definition) is 5. The first-order valence-electron chi connectivity index (χ1n) is 6.70. The number of carbonyl (C=O) groups is 2. The zero-order valence-electron chi connectivity index (χ0n) is 12.1. The van der Waals surface area contributed by atoms with Crippen LogP contribution in [0.5, 0.6) is 0 Å². The molecule has 0 bridgehead atoms. The van der Waals surface area contributed by atoms with Crippen molar-refractivity contribution in [1.29, 1.82) is 0 Å². The van der Waals surface area contributed by atoms with Crippen LogP contribution in [0.4, 0.5) is 0 Å². The summed E-state index contributed by atoms with van der Waals surface area (Å²) in [7, 11) is 0. The lowest BCUT2D eigenvalue weighted by molar-refractivity contribution is -0.459. The quantitative estimate of drug-likeness (QED) is 0.163. The fourth-order valence-corrected chi connectivity index (χ4v) is 1.75. The highest BCUT2D eigenvalue weighted by Gasteiger charge is 2.22. The molecule has 0 rings (SSSR count). The summed E-state index contributed by atoms with van der Waals surface area (Å²) in [4.78, 5) is 25.5. The molecule has 0 radical (unpaired) electrons. The summed E-state index contributed by atoms with van der Waals surface area (Å²) in [5.74, 6) is -1.28. The van der Waals surface area contributed by atoms with Gasteiger partial charge in [-0.2, -0.15) is 0 Å². The van der Waals surface area contributed by atoms with Crippen molar-refractivity contribution in [2.24, 2.45) is 17.4 Å². The molecule has 0 unspecified atom stereocenters. The van der Waals surface area contributed by atoms with Gasteiger partial charge in [0.25, 0.3) is 5.91 Å². The molecular formula is C12H26N5O3+. The van der Waals surface area contributed by atoms with Gasteiger partial charge in [-0.3, -0.25) is 21.3 Å². The van der Waals surface area contributed by atoms with Gasteiger partial charge in [0.15, 0.2) is 6.04 Å². The van der Waals surface area contributed by atoms with Gasteiger partial charge in [-0.1, -0.05) is 13.8 Å². The van der Waals surface area contributed by atoms with Gasteiger partial charge in [-0.15, -0.1) is 0 Å². The van der Waals surface area contributed by atoms with Gasteiger partial charge in [-0.25, -0.2) is 0 Å². The molecule has 0 aliphatic rings. The molecule has 8 nitrogen and oxygen atoms in total. The van der Waals surface area contributed by atoms with Gasteiger partial charge in [0, 0.05) is 6.42 Å². The third-order valence-electron chi connectivity index (χ3n) is 2.73. The average molecular weight is 288 g/mol. The van der Waals surface area contributed by atoms with E-state index < -0.39 is 18.1 Å². The monoisotopic (exact) mass is 288 g/mol. The smallest absolute Gasteiger partial charge is 0.338 e. The third-order valence-corrected chi connectivity index (χ3v) is 2.73. The molecule has 2 atom stereocenters. The second-order valence-corrected chi connectivity index (χ2v) is 5.23. The molecule has 0 aliphatic carbocycles. The Morgan fingerprint density at radius 2 is 1.95 bits per heavy atom. The van der Waals surface area contributed by atoms with Crippen LogP contribution in [0.1, 0.15) is 33.1 Å². The Morgan fingerprint density at radius 3 is 2.40 bits per heavy atom. The van der Waals surface area contributed by atoms with Crippen LogP contribution in [-0.4, -0.2) is 36.5 Å². The number of carboxylic acid groups (broad SMARTS) is 1. The number of hydrogen-bond acceptors (Lipinski definition) is 3. The highest BCUT2D eigenvalue weighted by atomic mass is 16.4. The molecule has 20 heavy (non-hydrogen) atoms. The predicted octanol–water partition coefficient (Wildman–Crippen LogP) is -4.99. The van der Waals surface area contributed by atoms with Crippen LogP contribution in [0.25, 0.3) is 0 Å². The normalized spacial score (nSPS) is 13.6. The van der Waals surface area contributed by atoms with E-state index in [2.05, 4.69) is 16.0 Å². The van der Waals surface area contributed by atoms with Crippen LogP contribution in [-0.2, 0) is 9.59 Å². The minimum atomic E-state index is -1.31. The first-order chi connectivity index (χ1) is 9.23. The zero-order valence-corrected chi connectivity index (χ0v) is 12.1. The Labute approximate surface area is 118 Å². The van der Waals surface area contributed by atoms with Crippen molar-refractivity contribution in [2.45, 2.75) is 45.2 Å². The second kappa shape index (κ2) is 9.13. The SMILES string of the molecule is CC(C)C[C@@H]([NH3+])C(=O)N[C@@H](CCC[NH+]=C(N)N)C(=O)[O-]. The van der Waals surface area contributed by atoms with E-state index in [9.17, 15) is 14.7 Å². The number of rotatable bonds is 9. The maximum absolute atomic E-state index is 11.8. The number of quaternary nitrogens is 1. The van der Waals surface area contributed by atoms with Gasteiger partial charge >= 0.3 is 5.96 Å². The summed E-state index contributed by atoms with van der Waals surface area (Å²) in [6.07, 6.45) is 1.33. The molecule has 0 saturated carbocycles. The molecule has 0 aromatic rings. The molecule has 116 valence electrons. The van der Waals surface area contributed by atoms with Crippen LogP contribution in [0.3, 0.4) is 0 Å². The van der Waals surface area contributed by atoms with Crippen molar-refractivity contribution in [3.8, 4) is 0 Å². The third kappa shape index (κ3) is 8.30. The summed E-state index contributed by atoms with van der Waals surface area (Å²) in [6.45, 7) is 4.38. The minimum absolute atomic E-state index is 0.0776. The number of nitrogens with one attached hydrogen (secondary N) is 2. The molecule has 0 fully saturated rings. The topological polar surface area (TPSA) is 163 Å². The first kappa shape index (κ1) is 18.2. The fraction of sp³-hybridized carbons (Fsp3) is 0.750. The highest BCUT2D eigenvalue weighted by molar-refractivity contribution is 5.85. The summed E-state index contributed by atoms with van der Waals surface area (Å²) in [6, 6.07) is -1.50. The van der Waals surface area contributed by atoms with Crippen LogP contribution in [0, 0.1) is 5.92 Å². The van der Waals surface area contributed by atoms with Crippen molar-refractivity contribution >= 4 is 17.8 Å². The molecule has 0 aromatic carbocycles. The van der Waals surface area contributed by atoms with Crippen LogP contribution < -0.4 is 32.6 Å². The number of guanidine groups is 1.